The van der Waals surface area contributed by atoms with E-state index in [-0.39, 0.29) is 17.1 Å². The Labute approximate surface area is 103 Å². The lowest BCUT2D eigenvalue weighted by atomic mass is 10.2. The first-order valence-corrected chi connectivity index (χ1v) is 5.26. The number of rotatable bonds is 6. The summed E-state index contributed by atoms with van der Waals surface area (Å²) in [6.07, 6.45) is 3.24. The fourth-order valence-corrected chi connectivity index (χ4v) is 1.19. The maximum atomic E-state index is 10.8. The van der Waals surface area contributed by atoms with E-state index in [1.165, 1.54) is 12.1 Å². The van der Waals surface area contributed by atoms with Gasteiger partial charge in [-0.05, 0) is 12.5 Å². The SMILES string of the molecule is [13CH3][13CH2][13CH2]/[13CH]=N/Nc1ccc([N+](=O)[O-])cc1[N+](=O)[O-]. The van der Waals surface area contributed by atoms with Crippen LogP contribution in [0.15, 0.2) is 23.3 Å². The lowest BCUT2D eigenvalue weighted by molar-refractivity contribution is -0.393. The fraction of sp³-hybridized carbons (Fsp3) is 0.300. The molecule has 0 radical (unpaired) electrons. The van der Waals surface area contributed by atoms with Crippen molar-refractivity contribution in [2.75, 3.05) is 5.43 Å². The molecule has 8 heteroatoms. The zero-order chi connectivity index (χ0) is 13.5. The Hall–Kier alpha value is -2.51. The Morgan fingerprint density at radius 1 is 1.33 bits per heavy atom. The van der Waals surface area contributed by atoms with E-state index in [2.05, 4.69) is 10.5 Å². The maximum Gasteiger partial charge on any atom is 0.301 e. The molecule has 0 fully saturated rings. The summed E-state index contributed by atoms with van der Waals surface area (Å²) in [7, 11) is 0. The molecule has 0 aliphatic rings. The van der Waals surface area contributed by atoms with Crippen LogP contribution in [0.4, 0.5) is 17.1 Å². The van der Waals surface area contributed by atoms with Crippen LogP contribution in [0.3, 0.4) is 0 Å². The van der Waals surface area contributed by atoms with Crippen molar-refractivity contribution < 1.29 is 9.85 Å². The van der Waals surface area contributed by atoms with Gasteiger partial charge in [0.25, 0.3) is 5.69 Å². The van der Waals surface area contributed by atoms with Crippen LogP contribution in [-0.4, -0.2) is 16.1 Å². The van der Waals surface area contributed by atoms with Gasteiger partial charge >= 0.3 is 5.69 Å². The molecule has 0 spiro atoms. The van der Waals surface area contributed by atoms with Gasteiger partial charge in [0.1, 0.15) is 5.69 Å². The first-order valence-electron chi connectivity index (χ1n) is 5.26. The predicted molar refractivity (Wildman–Crippen MR) is 66.8 cm³/mol. The monoisotopic (exact) mass is 256 g/mol. The molecule has 0 unspecified atom stereocenters. The maximum absolute atomic E-state index is 10.8. The summed E-state index contributed by atoms with van der Waals surface area (Å²) < 4.78 is 0. The van der Waals surface area contributed by atoms with Crippen molar-refractivity contribution in [3.8, 4) is 0 Å². The minimum absolute atomic E-state index is 0.123. The summed E-state index contributed by atoms with van der Waals surface area (Å²) in [5, 5.41) is 25.1. The second-order valence-electron chi connectivity index (χ2n) is 3.43. The van der Waals surface area contributed by atoms with Gasteiger partial charge in [-0.3, -0.25) is 25.7 Å². The second-order valence-corrected chi connectivity index (χ2v) is 3.43. The highest BCUT2D eigenvalue weighted by Crippen LogP contribution is 2.28. The molecule has 1 aromatic carbocycles. The van der Waals surface area contributed by atoms with Crippen LogP contribution in [0, 0.1) is 20.2 Å². The van der Waals surface area contributed by atoms with E-state index < -0.39 is 9.85 Å². The van der Waals surface area contributed by atoms with Gasteiger partial charge in [0.15, 0.2) is 0 Å². The molecule has 18 heavy (non-hydrogen) atoms. The summed E-state index contributed by atoms with van der Waals surface area (Å²) in [5.74, 6) is 0. The number of hydrogen-bond donors (Lipinski definition) is 1. The Bertz CT molecular complexity index is 487. The lowest BCUT2D eigenvalue weighted by Gasteiger charge is -2.01. The number of benzene rings is 1. The Kier molecular flexibility index (Phi) is 4.73. The van der Waals surface area contributed by atoms with Crippen LogP contribution < -0.4 is 5.43 Å². The van der Waals surface area contributed by atoms with Gasteiger partial charge in [0, 0.05) is 12.3 Å². The third kappa shape index (κ3) is 3.51. The van der Waals surface area contributed by atoms with Crippen LogP contribution in [-0.2, 0) is 0 Å². The summed E-state index contributed by atoms with van der Waals surface area (Å²) in [5.41, 5.74) is 1.92. The highest BCUT2D eigenvalue weighted by molar-refractivity contribution is 5.67. The van der Waals surface area contributed by atoms with Crippen LogP contribution in [0.5, 0.6) is 0 Å². The normalized spacial score (nSPS) is 10.5. The minimum Gasteiger partial charge on any atom is -0.272 e. The van der Waals surface area contributed by atoms with Gasteiger partial charge in [-0.25, -0.2) is 0 Å². The van der Waals surface area contributed by atoms with E-state index in [9.17, 15) is 20.2 Å². The quantitative estimate of drug-likeness (QED) is 0.364. The van der Waals surface area contributed by atoms with Gasteiger partial charge in [0.05, 0.1) is 15.9 Å². The molecule has 8 nitrogen and oxygen atoms in total. The highest BCUT2D eigenvalue weighted by Gasteiger charge is 2.18. The summed E-state index contributed by atoms with van der Waals surface area (Å²) in [6.45, 7) is 1.97. The molecule has 0 aliphatic carbocycles. The lowest BCUT2D eigenvalue weighted by Crippen LogP contribution is -1.98. The average Bonchev–Trinajstić information content (AvgIpc) is 2.34. The predicted octanol–water partition coefficient (Wildman–Crippen LogP) is 2.70. The van der Waals surface area contributed by atoms with Crippen LogP contribution in [0.1, 0.15) is 19.8 Å². The molecule has 0 aromatic heterocycles. The largest absolute Gasteiger partial charge is 0.301 e. The van der Waals surface area contributed by atoms with Crippen LogP contribution in [0.2, 0.25) is 0 Å². The van der Waals surface area contributed by atoms with E-state index in [1.807, 2.05) is 6.92 Å². The Morgan fingerprint density at radius 3 is 2.61 bits per heavy atom. The number of nitro benzene ring substituents is 2. The molecular formula is C10H12N4O4. The van der Waals surface area contributed by atoms with Gasteiger partial charge in [0.2, 0.25) is 0 Å². The topological polar surface area (TPSA) is 111 Å². The molecule has 0 heterocycles. The number of non-ortho nitro benzene ring substituents is 1. The molecule has 0 amide bonds. The molecule has 0 aliphatic heterocycles. The number of hydrogen-bond acceptors (Lipinski definition) is 6. The number of hydrazone groups is 1. The number of nitrogens with zero attached hydrogens (tertiary/aromatic N) is 3. The van der Waals surface area contributed by atoms with Crippen molar-refractivity contribution >= 4 is 23.3 Å². The van der Waals surface area contributed by atoms with E-state index in [0.29, 0.717) is 0 Å². The zero-order valence-corrected chi connectivity index (χ0v) is 9.70. The number of unbranched alkanes of at least 4 members (excludes halogenated alkanes) is 1. The van der Waals surface area contributed by atoms with E-state index in [4.69, 9.17) is 0 Å². The van der Waals surface area contributed by atoms with Crippen molar-refractivity contribution in [2.24, 2.45) is 5.10 Å². The third-order valence-electron chi connectivity index (χ3n) is 2.08. The Balaban J connectivity index is 2.97. The van der Waals surface area contributed by atoms with Crippen LogP contribution >= 0.6 is 0 Å². The number of nitrogens with one attached hydrogen (secondary N) is 1. The van der Waals surface area contributed by atoms with Gasteiger partial charge in [-0.2, -0.15) is 5.10 Å². The second kappa shape index (κ2) is 6.28. The van der Waals surface area contributed by atoms with Crippen molar-refractivity contribution in [1.82, 2.24) is 0 Å². The standard InChI is InChI=1S/C10H12N4O4/c1-2-3-6-11-12-9-5-4-8(13(15)16)7-10(9)14(17)18/h4-7,12H,2-3H2,1H3/b11-6+/i1+1,2+1,3+1,6+1. The molecular weight excluding hydrogens is 244 g/mol. The average molecular weight is 256 g/mol. The van der Waals surface area contributed by atoms with Gasteiger partial charge in [-0.15, -0.1) is 0 Å². The molecule has 1 rings (SSSR count). The molecule has 1 aromatic rings. The molecule has 96 valence electrons. The molecule has 0 saturated carbocycles. The van der Waals surface area contributed by atoms with E-state index >= 15 is 0 Å². The number of nitro groups is 2. The third-order valence-corrected chi connectivity index (χ3v) is 2.08. The Morgan fingerprint density at radius 2 is 2.06 bits per heavy atom. The van der Waals surface area contributed by atoms with Crippen LogP contribution in [0.25, 0.3) is 0 Å². The number of anilines is 1. The summed E-state index contributed by atoms with van der Waals surface area (Å²) in [4.78, 5) is 19.9. The summed E-state index contributed by atoms with van der Waals surface area (Å²) in [6, 6.07) is 3.35. The smallest absolute Gasteiger partial charge is 0.272 e. The fourth-order valence-electron chi connectivity index (χ4n) is 1.19. The summed E-state index contributed by atoms with van der Waals surface area (Å²) >= 11 is 0. The van der Waals surface area contributed by atoms with Crippen molar-refractivity contribution in [2.45, 2.75) is 19.8 Å². The van der Waals surface area contributed by atoms with E-state index in [1.54, 1.807) is 6.21 Å². The molecule has 0 bridgehead atoms. The molecule has 0 atom stereocenters. The first-order chi connectivity index (χ1) is 8.56. The minimum atomic E-state index is -0.690. The first kappa shape index (κ1) is 13.6. The van der Waals surface area contributed by atoms with Crippen molar-refractivity contribution in [3.05, 3.63) is 38.4 Å². The van der Waals surface area contributed by atoms with Crippen molar-refractivity contribution in [3.63, 3.8) is 0 Å². The van der Waals surface area contributed by atoms with E-state index in [0.717, 1.165) is 18.9 Å². The van der Waals surface area contributed by atoms with Gasteiger partial charge in [-0.1, -0.05) is 13.3 Å². The molecule has 0 saturated heterocycles. The van der Waals surface area contributed by atoms with Gasteiger partial charge < -0.3 is 0 Å². The highest BCUT2D eigenvalue weighted by atomic mass is 16.6. The van der Waals surface area contributed by atoms with Crippen molar-refractivity contribution in [1.29, 1.82) is 0 Å². The molecule has 1 N–H and O–H groups in total. The zero-order valence-electron chi connectivity index (χ0n) is 9.70.